The normalized spacial score (nSPS) is 10.6. The van der Waals surface area contributed by atoms with Gasteiger partial charge in [-0.2, -0.15) is 0 Å². The third-order valence-electron chi connectivity index (χ3n) is 2.17. The number of fused-ring (bicyclic) bond motifs is 1. The van der Waals surface area contributed by atoms with E-state index in [1.54, 1.807) is 0 Å². The molecule has 76 valence electrons. The number of benzene rings is 1. The SMILES string of the molecule is CC(=O)c1nc(C)c2c(Br)cccc2n1. The van der Waals surface area contributed by atoms with Gasteiger partial charge >= 0.3 is 0 Å². The fraction of sp³-hybridized carbons (Fsp3) is 0.182. The Labute approximate surface area is 95.7 Å². The Morgan fingerprint density at radius 2 is 2.07 bits per heavy atom. The van der Waals surface area contributed by atoms with Crippen molar-refractivity contribution in [3.63, 3.8) is 0 Å². The first-order chi connectivity index (χ1) is 7.09. The van der Waals surface area contributed by atoms with Crippen molar-refractivity contribution in [2.24, 2.45) is 0 Å². The molecule has 0 aliphatic carbocycles. The minimum absolute atomic E-state index is 0.111. The Kier molecular flexibility index (Phi) is 2.52. The molecule has 0 atom stereocenters. The van der Waals surface area contributed by atoms with Crippen molar-refractivity contribution in [3.8, 4) is 0 Å². The third kappa shape index (κ3) is 1.77. The van der Waals surface area contributed by atoms with Gasteiger partial charge in [0.1, 0.15) is 0 Å². The van der Waals surface area contributed by atoms with Crippen molar-refractivity contribution in [1.29, 1.82) is 0 Å². The summed E-state index contributed by atoms with van der Waals surface area (Å²) in [7, 11) is 0. The Morgan fingerprint density at radius 3 is 2.73 bits per heavy atom. The highest BCUT2D eigenvalue weighted by atomic mass is 79.9. The van der Waals surface area contributed by atoms with Crippen LogP contribution in [0.3, 0.4) is 0 Å². The predicted octanol–water partition coefficient (Wildman–Crippen LogP) is 2.90. The lowest BCUT2D eigenvalue weighted by Crippen LogP contribution is -2.03. The second-order valence-electron chi connectivity index (χ2n) is 3.32. The summed E-state index contributed by atoms with van der Waals surface area (Å²) in [6.45, 7) is 3.35. The molecule has 0 aliphatic rings. The van der Waals surface area contributed by atoms with Crippen LogP contribution in [0.25, 0.3) is 10.9 Å². The number of carbonyl (C=O) groups excluding carboxylic acids is 1. The van der Waals surface area contributed by atoms with Crippen molar-refractivity contribution in [2.75, 3.05) is 0 Å². The quantitative estimate of drug-likeness (QED) is 0.744. The highest BCUT2D eigenvalue weighted by molar-refractivity contribution is 9.10. The highest BCUT2D eigenvalue weighted by Gasteiger charge is 2.09. The van der Waals surface area contributed by atoms with Gasteiger partial charge in [0.15, 0.2) is 11.6 Å². The van der Waals surface area contributed by atoms with Gasteiger partial charge in [-0.25, -0.2) is 9.97 Å². The average Bonchev–Trinajstić information content (AvgIpc) is 2.17. The van der Waals surface area contributed by atoms with E-state index < -0.39 is 0 Å². The Hall–Kier alpha value is -1.29. The van der Waals surface area contributed by atoms with E-state index in [1.165, 1.54) is 6.92 Å². The minimum atomic E-state index is -0.111. The standard InChI is InChI=1S/C11H9BrN2O/c1-6-10-8(12)4-3-5-9(10)14-11(13-6)7(2)15/h3-5H,1-2H3. The summed E-state index contributed by atoms with van der Waals surface area (Å²) in [6.07, 6.45) is 0. The van der Waals surface area contributed by atoms with Crippen LogP contribution in [0, 0.1) is 6.92 Å². The molecule has 0 N–H and O–H groups in total. The zero-order valence-corrected chi connectivity index (χ0v) is 10.00. The molecule has 0 unspecified atom stereocenters. The van der Waals surface area contributed by atoms with E-state index in [4.69, 9.17) is 0 Å². The number of aromatic nitrogens is 2. The van der Waals surface area contributed by atoms with Gasteiger partial charge in [0.2, 0.25) is 0 Å². The molecule has 1 aromatic heterocycles. The van der Waals surface area contributed by atoms with Crippen molar-refractivity contribution in [2.45, 2.75) is 13.8 Å². The van der Waals surface area contributed by atoms with Crippen LogP contribution in [0.5, 0.6) is 0 Å². The number of Topliss-reactive ketones (excluding diaryl/α,β-unsaturated/α-hetero) is 1. The van der Waals surface area contributed by atoms with E-state index in [9.17, 15) is 4.79 Å². The molecule has 1 aromatic carbocycles. The summed E-state index contributed by atoms with van der Waals surface area (Å²) in [5.41, 5.74) is 1.61. The molecular weight excluding hydrogens is 256 g/mol. The van der Waals surface area contributed by atoms with Crippen LogP contribution in [0.15, 0.2) is 22.7 Å². The van der Waals surface area contributed by atoms with E-state index in [1.807, 2.05) is 25.1 Å². The lowest BCUT2D eigenvalue weighted by molar-refractivity contribution is 0.100. The maximum absolute atomic E-state index is 11.2. The molecule has 1 heterocycles. The molecule has 0 saturated carbocycles. The first-order valence-corrected chi connectivity index (χ1v) is 5.32. The molecule has 0 spiro atoms. The summed E-state index contributed by atoms with van der Waals surface area (Å²) in [6, 6.07) is 5.70. The molecular formula is C11H9BrN2O. The number of aryl methyl sites for hydroxylation is 1. The second kappa shape index (κ2) is 3.70. The van der Waals surface area contributed by atoms with Crippen LogP contribution in [0.2, 0.25) is 0 Å². The second-order valence-corrected chi connectivity index (χ2v) is 4.18. The zero-order chi connectivity index (χ0) is 11.0. The number of carbonyl (C=O) groups is 1. The summed E-state index contributed by atoms with van der Waals surface area (Å²) < 4.78 is 0.951. The predicted molar refractivity (Wildman–Crippen MR) is 62.0 cm³/mol. The van der Waals surface area contributed by atoms with Crippen LogP contribution >= 0.6 is 15.9 Å². The number of ketones is 1. The molecule has 2 rings (SSSR count). The number of rotatable bonds is 1. The summed E-state index contributed by atoms with van der Waals surface area (Å²) in [5, 5.41) is 0.961. The molecule has 0 fully saturated rings. The molecule has 0 saturated heterocycles. The molecule has 3 nitrogen and oxygen atoms in total. The monoisotopic (exact) mass is 264 g/mol. The van der Waals surface area contributed by atoms with Crippen molar-refractivity contribution >= 4 is 32.6 Å². The van der Waals surface area contributed by atoms with E-state index in [-0.39, 0.29) is 11.6 Å². The van der Waals surface area contributed by atoms with Crippen LogP contribution in [0.1, 0.15) is 23.2 Å². The number of nitrogens with zero attached hydrogens (tertiary/aromatic N) is 2. The largest absolute Gasteiger partial charge is 0.291 e. The summed E-state index contributed by atoms with van der Waals surface area (Å²) in [4.78, 5) is 19.6. The van der Waals surface area contributed by atoms with Gasteiger partial charge < -0.3 is 0 Å². The fourth-order valence-electron chi connectivity index (χ4n) is 1.48. The topological polar surface area (TPSA) is 42.9 Å². The maximum atomic E-state index is 11.2. The van der Waals surface area contributed by atoms with Crippen LogP contribution in [-0.2, 0) is 0 Å². The van der Waals surface area contributed by atoms with E-state index >= 15 is 0 Å². The van der Waals surface area contributed by atoms with Gasteiger partial charge in [0, 0.05) is 16.8 Å². The number of halogens is 1. The van der Waals surface area contributed by atoms with Gasteiger partial charge in [0.05, 0.1) is 11.2 Å². The molecule has 0 bridgehead atoms. The Bertz CT molecular complexity index is 552. The smallest absolute Gasteiger partial charge is 0.196 e. The third-order valence-corrected chi connectivity index (χ3v) is 2.83. The molecule has 0 amide bonds. The first-order valence-electron chi connectivity index (χ1n) is 4.53. The van der Waals surface area contributed by atoms with Crippen LogP contribution in [0.4, 0.5) is 0 Å². The maximum Gasteiger partial charge on any atom is 0.196 e. The number of hydrogen-bond donors (Lipinski definition) is 0. The van der Waals surface area contributed by atoms with Gasteiger partial charge in [-0.15, -0.1) is 0 Å². The molecule has 0 radical (unpaired) electrons. The molecule has 15 heavy (non-hydrogen) atoms. The lowest BCUT2D eigenvalue weighted by Gasteiger charge is -2.04. The average molecular weight is 265 g/mol. The lowest BCUT2D eigenvalue weighted by atomic mass is 10.2. The first kappa shape index (κ1) is 10.2. The minimum Gasteiger partial charge on any atom is -0.291 e. The summed E-state index contributed by atoms with van der Waals surface area (Å²) >= 11 is 3.44. The zero-order valence-electron chi connectivity index (χ0n) is 8.41. The van der Waals surface area contributed by atoms with Gasteiger partial charge in [-0.3, -0.25) is 4.79 Å². The van der Waals surface area contributed by atoms with Gasteiger partial charge in [-0.1, -0.05) is 22.0 Å². The van der Waals surface area contributed by atoms with Crippen LogP contribution < -0.4 is 0 Å². The highest BCUT2D eigenvalue weighted by Crippen LogP contribution is 2.24. The summed E-state index contributed by atoms with van der Waals surface area (Å²) in [5.74, 6) is 0.165. The van der Waals surface area contributed by atoms with E-state index in [0.717, 1.165) is 21.1 Å². The molecule has 0 aliphatic heterocycles. The molecule has 2 aromatic rings. The fourth-order valence-corrected chi connectivity index (χ4v) is 2.12. The Balaban J connectivity index is 2.84. The van der Waals surface area contributed by atoms with Gasteiger partial charge in [0.25, 0.3) is 0 Å². The van der Waals surface area contributed by atoms with Crippen molar-refractivity contribution < 1.29 is 4.79 Å². The van der Waals surface area contributed by atoms with Crippen molar-refractivity contribution in [1.82, 2.24) is 9.97 Å². The number of hydrogen-bond acceptors (Lipinski definition) is 3. The van der Waals surface area contributed by atoms with Crippen LogP contribution in [-0.4, -0.2) is 15.8 Å². The Morgan fingerprint density at radius 1 is 1.33 bits per heavy atom. The van der Waals surface area contributed by atoms with E-state index in [0.29, 0.717) is 0 Å². The van der Waals surface area contributed by atoms with E-state index in [2.05, 4.69) is 25.9 Å². The van der Waals surface area contributed by atoms with Crippen molar-refractivity contribution in [3.05, 3.63) is 34.2 Å². The molecule has 4 heteroatoms. The van der Waals surface area contributed by atoms with Gasteiger partial charge in [-0.05, 0) is 19.1 Å².